The highest BCUT2D eigenvalue weighted by molar-refractivity contribution is 6.22. The average Bonchev–Trinajstić information content (AvgIpc) is 3.74. The summed E-state index contributed by atoms with van der Waals surface area (Å²) in [5, 5.41) is 4.81. The molecule has 1 aliphatic rings. The predicted molar refractivity (Wildman–Crippen MR) is 295 cm³/mol. The summed E-state index contributed by atoms with van der Waals surface area (Å²) in [6.07, 6.45) is 0. The van der Waals surface area contributed by atoms with Gasteiger partial charge in [0, 0.05) is 22.3 Å². The van der Waals surface area contributed by atoms with Crippen molar-refractivity contribution < 1.29 is 0 Å². The Hall–Kier alpha value is -9.04. The molecular weight excluding hydrogens is 843 g/mol. The third kappa shape index (κ3) is 6.78. The number of rotatable bonds is 9. The Balaban J connectivity index is 1.17. The quantitative estimate of drug-likeness (QED) is 0.131. The number of benzene rings is 12. The summed E-state index contributed by atoms with van der Waals surface area (Å²) in [5.74, 6) is 0. The fourth-order valence-corrected chi connectivity index (χ4v) is 11.5. The van der Waals surface area contributed by atoms with Crippen LogP contribution in [0.1, 0.15) is 22.3 Å². The first-order chi connectivity index (χ1) is 34.7. The van der Waals surface area contributed by atoms with Crippen LogP contribution in [-0.4, -0.2) is 0 Å². The van der Waals surface area contributed by atoms with Crippen LogP contribution in [0.5, 0.6) is 0 Å². The molecule has 0 saturated carbocycles. The van der Waals surface area contributed by atoms with Crippen molar-refractivity contribution in [2.24, 2.45) is 0 Å². The molecule has 0 aromatic heterocycles. The summed E-state index contributed by atoms with van der Waals surface area (Å²) in [7, 11) is 0. The molecule has 0 radical (unpaired) electrons. The number of anilines is 3. The lowest BCUT2D eigenvalue weighted by Gasteiger charge is -2.34. The van der Waals surface area contributed by atoms with E-state index in [1.54, 1.807) is 0 Å². The smallest absolute Gasteiger partial charge is 0.0713 e. The Kier molecular flexibility index (Phi) is 10.1. The van der Waals surface area contributed by atoms with E-state index >= 15 is 0 Å². The Labute approximate surface area is 409 Å². The van der Waals surface area contributed by atoms with Crippen LogP contribution in [0.2, 0.25) is 0 Å². The second-order valence-corrected chi connectivity index (χ2v) is 18.4. The maximum atomic E-state index is 2.58. The van der Waals surface area contributed by atoms with Gasteiger partial charge in [-0.25, -0.2) is 0 Å². The fraction of sp³-hybridized carbons (Fsp3) is 0.0145. The molecule has 328 valence electrons. The Morgan fingerprint density at radius 1 is 0.243 bits per heavy atom. The molecule has 13 rings (SSSR count). The Morgan fingerprint density at radius 3 is 1.27 bits per heavy atom. The zero-order valence-corrected chi connectivity index (χ0v) is 38.6. The molecule has 0 aliphatic heterocycles. The molecule has 0 spiro atoms. The first-order valence-corrected chi connectivity index (χ1v) is 24.2. The largest absolute Gasteiger partial charge is 0.309 e. The lowest BCUT2D eigenvalue weighted by Crippen LogP contribution is -2.28. The SMILES string of the molecule is c1ccc(-c2cccc(-c3c(N(c4cc(-c5ccccc5)cc(-c5ccccc5)c4)c4ccc5c(c4)-c4ccccc4C5(c4ccccc4)c4ccccc4)c4ccccc4c4ccccc34)c2)cc1. The first kappa shape index (κ1) is 41.2. The van der Waals surface area contributed by atoms with E-state index in [1.165, 1.54) is 82.7 Å². The highest BCUT2D eigenvalue weighted by Gasteiger charge is 2.46. The molecule has 0 atom stereocenters. The summed E-state index contributed by atoms with van der Waals surface area (Å²) < 4.78 is 0. The van der Waals surface area contributed by atoms with E-state index in [0.29, 0.717) is 0 Å². The van der Waals surface area contributed by atoms with Crippen LogP contribution < -0.4 is 4.90 Å². The molecule has 0 N–H and O–H groups in total. The van der Waals surface area contributed by atoms with Crippen LogP contribution in [0.15, 0.2) is 285 Å². The van der Waals surface area contributed by atoms with Gasteiger partial charge in [-0.2, -0.15) is 0 Å². The molecule has 70 heavy (non-hydrogen) atoms. The van der Waals surface area contributed by atoms with E-state index in [2.05, 4.69) is 290 Å². The zero-order chi connectivity index (χ0) is 46.4. The van der Waals surface area contributed by atoms with Crippen molar-refractivity contribution in [2.75, 3.05) is 4.90 Å². The van der Waals surface area contributed by atoms with Crippen molar-refractivity contribution in [3.63, 3.8) is 0 Å². The van der Waals surface area contributed by atoms with Crippen LogP contribution >= 0.6 is 0 Å². The Morgan fingerprint density at radius 2 is 0.671 bits per heavy atom. The van der Waals surface area contributed by atoms with Gasteiger partial charge < -0.3 is 4.90 Å². The van der Waals surface area contributed by atoms with Gasteiger partial charge in [0.15, 0.2) is 0 Å². The fourth-order valence-electron chi connectivity index (χ4n) is 11.5. The van der Waals surface area contributed by atoms with E-state index in [1.807, 2.05) is 0 Å². The van der Waals surface area contributed by atoms with Crippen molar-refractivity contribution in [3.05, 3.63) is 307 Å². The number of fused-ring (bicyclic) bond motifs is 6. The lowest BCUT2D eigenvalue weighted by molar-refractivity contribution is 0.768. The van der Waals surface area contributed by atoms with Crippen LogP contribution in [0.3, 0.4) is 0 Å². The van der Waals surface area contributed by atoms with Crippen molar-refractivity contribution in [2.45, 2.75) is 5.41 Å². The second kappa shape index (κ2) is 17.2. The van der Waals surface area contributed by atoms with Crippen LogP contribution in [0.25, 0.3) is 77.2 Å². The number of nitrogens with zero attached hydrogens (tertiary/aromatic N) is 1. The summed E-state index contributed by atoms with van der Waals surface area (Å²) >= 11 is 0. The second-order valence-electron chi connectivity index (χ2n) is 18.4. The van der Waals surface area contributed by atoms with Gasteiger partial charge in [-0.1, -0.05) is 249 Å². The predicted octanol–water partition coefficient (Wildman–Crippen LogP) is 18.5. The van der Waals surface area contributed by atoms with Gasteiger partial charge in [0.05, 0.1) is 11.1 Å². The molecule has 1 aliphatic carbocycles. The third-order valence-electron chi connectivity index (χ3n) is 14.5. The molecule has 12 aromatic rings. The van der Waals surface area contributed by atoms with Gasteiger partial charge in [0.1, 0.15) is 0 Å². The minimum Gasteiger partial charge on any atom is -0.309 e. The maximum Gasteiger partial charge on any atom is 0.0713 e. The van der Waals surface area contributed by atoms with Gasteiger partial charge in [0.2, 0.25) is 0 Å². The van der Waals surface area contributed by atoms with E-state index < -0.39 is 5.41 Å². The normalized spacial score (nSPS) is 12.4. The van der Waals surface area contributed by atoms with Gasteiger partial charge >= 0.3 is 0 Å². The standard InChI is InChI=1S/C69H47N/c1-6-23-48(24-7-1)51-29-22-30-52(43-51)67-62-38-18-16-35-59(62)60-36-17-19-39-63(60)68(67)70(58-45-53(49-25-8-2-9-26-49)44-54(46-58)50-27-10-3-11-28-50)57-41-42-66-64(47-57)61-37-20-21-40-65(61)69(66,55-31-12-4-13-32-55)56-33-14-5-15-34-56/h1-47H. The van der Waals surface area contributed by atoms with Crippen LogP contribution in [-0.2, 0) is 5.41 Å². The molecule has 0 heterocycles. The van der Waals surface area contributed by atoms with Crippen LogP contribution in [0.4, 0.5) is 17.1 Å². The van der Waals surface area contributed by atoms with Crippen LogP contribution in [0, 0.1) is 0 Å². The van der Waals surface area contributed by atoms with E-state index in [4.69, 9.17) is 0 Å². The Bertz CT molecular complexity index is 3760. The minimum absolute atomic E-state index is 0.524. The lowest BCUT2D eigenvalue weighted by atomic mass is 9.68. The minimum atomic E-state index is -0.524. The van der Waals surface area contributed by atoms with Gasteiger partial charge in [0.25, 0.3) is 0 Å². The van der Waals surface area contributed by atoms with Gasteiger partial charge in [-0.15, -0.1) is 0 Å². The zero-order valence-electron chi connectivity index (χ0n) is 38.6. The van der Waals surface area contributed by atoms with Crippen molar-refractivity contribution in [1.29, 1.82) is 0 Å². The molecule has 0 bridgehead atoms. The summed E-state index contributed by atoms with van der Waals surface area (Å²) in [6.45, 7) is 0. The van der Waals surface area contributed by atoms with Gasteiger partial charge in [-0.05, 0) is 125 Å². The summed E-state index contributed by atoms with van der Waals surface area (Å²) in [5.41, 5.74) is 19.6. The highest BCUT2D eigenvalue weighted by atomic mass is 15.1. The number of hydrogen-bond donors (Lipinski definition) is 0. The van der Waals surface area contributed by atoms with E-state index in [0.717, 1.165) is 33.8 Å². The topological polar surface area (TPSA) is 3.24 Å². The van der Waals surface area contributed by atoms with E-state index in [9.17, 15) is 0 Å². The van der Waals surface area contributed by atoms with Crippen molar-refractivity contribution >= 4 is 38.6 Å². The number of hydrogen-bond acceptors (Lipinski definition) is 1. The molecule has 0 unspecified atom stereocenters. The molecule has 1 nitrogen and oxygen atoms in total. The van der Waals surface area contributed by atoms with Gasteiger partial charge in [-0.3, -0.25) is 0 Å². The highest BCUT2D eigenvalue weighted by Crippen LogP contribution is 2.58. The first-order valence-electron chi connectivity index (χ1n) is 24.2. The van der Waals surface area contributed by atoms with Crippen molar-refractivity contribution in [3.8, 4) is 55.6 Å². The molecule has 0 saturated heterocycles. The van der Waals surface area contributed by atoms with Crippen molar-refractivity contribution in [1.82, 2.24) is 0 Å². The molecule has 1 heteroatoms. The van der Waals surface area contributed by atoms with E-state index in [-0.39, 0.29) is 0 Å². The third-order valence-corrected chi connectivity index (χ3v) is 14.5. The monoisotopic (exact) mass is 889 g/mol. The molecule has 0 fully saturated rings. The maximum absolute atomic E-state index is 2.58. The molecule has 0 amide bonds. The summed E-state index contributed by atoms with van der Waals surface area (Å²) in [4.78, 5) is 2.58. The average molecular weight is 890 g/mol. The molecular formula is C69H47N. The molecule has 12 aromatic carbocycles. The summed E-state index contributed by atoms with van der Waals surface area (Å²) in [6, 6.07) is 105.